The lowest BCUT2D eigenvalue weighted by Gasteiger charge is -2.32. The van der Waals surface area contributed by atoms with E-state index in [4.69, 9.17) is 10.00 Å². The van der Waals surface area contributed by atoms with Crippen molar-refractivity contribution in [3.05, 3.63) is 41.5 Å². The number of aryl methyl sites for hydroxylation is 1. The molecule has 1 aromatic rings. The summed E-state index contributed by atoms with van der Waals surface area (Å²) in [6.45, 7) is -0.502. The lowest BCUT2D eigenvalue weighted by molar-refractivity contribution is -0.170. The number of aliphatic hydroxyl groups excluding tert-OH is 1. The third kappa shape index (κ3) is 5.58. The van der Waals surface area contributed by atoms with Gasteiger partial charge in [0, 0.05) is 5.56 Å². The number of amidine groups is 1. The van der Waals surface area contributed by atoms with E-state index in [-0.39, 0.29) is 12.4 Å². The first-order valence-corrected chi connectivity index (χ1v) is 9.29. The van der Waals surface area contributed by atoms with Gasteiger partial charge in [0.05, 0.1) is 11.8 Å². The Morgan fingerprint density at radius 2 is 2.07 bits per heavy atom. The molecule has 160 valence electrons. The Morgan fingerprint density at radius 3 is 2.63 bits per heavy atom. The summed E-state index contributed by atoms with van der Waals surface area (Å²) in [6.07, 6.45) is -3.35. The lowest BCUT2D eigenvalue weighted by atomic mass is 10.1. The molecule has 1 saturated carbocycles. The van der Waals surface area contributed by atoms with E-state index in [9.17, 15) is 23.1 Å². The number of benzene rings is 1. The number of hydrogen-bond acceptors (Lipinski definition) is 6. The van der Waals surface area contributed by atoms with Crippen molar-refractivity contribution in [2.24, 2.45) is 4.99 Å². The highest BCUT2D eigenvalue weighted by Crippen LogP contribution is 2.34. The van der Waals surface area contributed by atoms with E-state index in [2.05, 4.69) is 10.3 Å². The summed E-state index contributed by atoms with van der Waals surface area (Å²) in [7, 11) is 0. The van der Waals surface area contributed by atoms with Crippen molar-refractivity contribution < 1.29 is 27.8 Å². The van der Waals surface area contributed by atoms with Gasteiger partial charge in [-0.15, -0.1) is 0 Å². The molecule has 0 aromatic heterocycles. The first kappa shape index (κ1) is 21.8. The molecule has 3 rings (SSSR count). The molecule has 1 fully saturated rings. The van der Waals surface area contributed by atoms with Gasteiger partial charge in [-0.05, 0) is 25.8 Å². The minimum absolute atomic E-state index is 0.0122. The molecular weight excluding hydrogens is 401 g/mol. The SMILES string of the molecule is Cc1ccc(C2=CC(O)N(CC(=O)NC3(C#N)CC3)C(COCC(F)(F)F)=N2)cc1. The molecule has 1 heterocycles. The summed E-state index contributed by atoms with van der Waals surface area (Å²) in [6, 6.07) is 9.26. The van der Waals surface area contributed by atoms with Gasteiger partial charge in [0.25, 0.3) is 0 Å². The minimum atomic E-state index is -4.52. The topological polar surface area (TPSA) is 98.0 Å². The number of alkyl halides is 3. The van der Waals surface area contributed by atoms with Gasteiger partial charge >= 0.3 is 6.18 Å². The van der Waals surface area contributed by atoms with Crippen LogP contribution >= 0.6 is 0 Å². The second-order valence-electron chi connectivity index (χ2n) is 7.34. The summed E-state index contributed by atoms with van der Waals surface area (Å²) in [4.78, 5) is 17.8. The van der Waals surface area contributed by atoms with Crippen molar-refractivity contribution in [1.82, 2.24) is 10.2 Å². The van der Waals surface area contributed by atoms with Crippen LogP contribution < -0.4 is 5.32 Å². The zero-order valence-electron chi connectivity index (χ0n) is 16.2. The Labute approximate surface area is 171 Å². The highest BCUT2D eigenvalue weighted by atomic mass is 19.4. The Morgan fingerprint density at radius 1 is 1.40 bits per heavy atom. The van der Waals surface area contributed by atoms with E-state index in [1.54, 1.807) is 12.1 Å². The number of aliphatic hydroxyl groups is 1. The van der Waals surface area contributed by atoms with Crippen LogP contribution in [0.4, 0.5) is 13.2 Å². The van der Waals surface area contributed by atoms with Crippen molar-refractivity contribution >= 4 is 17.4 Å². The van der Waals surface area contributed by atoms with E-state index in [0.717, 1.165) is 10.5 Å². The number of carbonyl (C=O) groups excluding carboxylic acids is 1. The Hall–Kier alpha value is -2.90. The average Bonchev–Trinajstić information content (AvgIpc) is 3.43. The number of amides is 1. The van der Waals surface area contributed by atoms with Crippen molar-refractivity contribution in [3.8, 4) is 6.07 Å². The molecule has 1 aliphatic carbocycles. The molecule has 1 aliphatic heterocycles. The standard InChI is InChI=1S/C20H21F3N4O3/c1-13-2-4-14(5-3-13)15-8-18(29)27(9-17(28)26-19(11-24)6-7-19)16(25-15)10-30-12-20(21,22)23/h2-5,8,18,29H,6-7,9-10,12H2,1H3,(H,26,28). The normalized spacial score (nSPS) is 20.1. The van der Waals surface area contributed by atoms with Crippen LogP contribution in [0.15, 0.2) is 35.3 Å². The number of halogens is 3. The summed E-state index contributed by atoms with van der Waals surface area (Å²) in [5, 5.41) is 22.2. The van der Waals surface area contributed by atoms with Crippen LogP contribution in [0, 0.1) is 18.3 Å². The largest absolute Gasteiger partial charge is 0.411 e. The Kier molecular flexibility index (Phi) is 6.14. The maximum atomic E-state index is 12.5. The van der Waals surface area contributed by atoms with Gasteiger partial charge in [-0.2, -0.15) is 18.4 Å². The van der Waals surface area contributed by atoms with Gasteiger partial charge in [-0.1, -0.05) is 29.8 Å². The number of nitriles is 1. The van der Waals surface area contributed by atoms with Crippen LogP contribution in [-0.4, -0.2) is 59.5 Å². The molecule has 30 heavy (non-hydrogen) atoms. The predicted octanol–water partition coefficient (Wildman–Crippen LogP) is 2.12. The molecule has 1 aromatic carbocycles. The van der Waals surface area contributed by atoms with Crippen molar-refractivity contribution in [3.63, 3.8) is 0 Å². The average molecular weight is 422 g/mol. The van der Waals surface area contributed by atoms with Crippen LogP contribution in [-0.2, 0) is 9.53 Å². The molecule has 1 unspecified atom stereocenters. The molecule has 2 aliphatic rings. The summed E-state index contributed by atoms with van der Waals surface area (Å²) in [5.74, 6) is -0.550. The van der Waals surface area contributed by atoms with Crippen LogP contribution in [0.1, 0.15) is 24.0 Å². The van der Waals surface area contributed by atoms with Gasteiger partial charge in [-0.3, -0.25) is 4.79 Å². The molecule has 0 spiro atoms. The molecule has 0 bridgehead atoms. The van der Waals surface area contributed by atoms with Gasteiger partial charge in [0.15, 0.2) is 0 Å². The minimum Gasteiger partial charge on any atom is -0.370 e. The maximum absolute atomic E-state index is 12.5. The third-order valence-corrected chi connectivity index (χ3v) is 4.71. The number of ether oxygens (including phenoxy) is 1. The third-order valence-electron chi connectivity index (χ3n) is 4.71. The molecule has 7 nitrogen and oxygen atoms in total. The highest BCUT2D eigenvalue weighted by Gasteiger charge is 2.45. The smallest absolute Gasteiger partial charge is 0.370 e. The number of nitrogens with one attached hydrogen (secondary N) is 1. The first-order chi connectivity index (χ1) is 14.1. The molecule has 1 atom stereocenters. The van der Waals surface area contributed by atoms with Crippen molar-refractivity contribution in [2.45, 2.75) is 37.7 Å². The molecule has 0 saturated heterocycles. The van der Waals surface area contributed by atoms with E-state index >= 15 is 0 Å². The van der Waals surface area contributed by atoms with Crippen LogP contribution in [0.2, 0.25) is 0 Å². The van der Waals surface area contributed by atoms with Gasteiger partial charge in [-0.25, -0.2) is 4.99 Å². The fraction of sp³-hybridized carbons (Fsp3) is 0.450. The Balaban J connectivity index is 1.78. The first-order valence-electron chi connectivity index (χ1n) is 9.29. The monoisotopic (exact) mass is 422 g/mol. The van der Waals surface area contributed by atoms with E-state index in [1.165, 1.54) is 6.08 Å². The molecular formula is C20H21F3N4O3. The van der Waals surface area contributed by atoms with E-state index in [0.29, 0.717) is 24.1 Å². The van der Waals surface area contributed by atoms with Crippen LogP contribution in [0.5, 0.6) is 0 Å². The quantitative estimate of drug-likeness (QED) is 0.702. The van der Waals surface area contributed by atoms with Crippen molar-refractivity contribution in [1.29, 1.82) is 5.26 Å². The van der Waals surface area contributed by atoms with Gasteiger partial charge in [0.2, 0.25) is 5.91 Å². The summed E-state index contributed by atoms with van der Waals surface area (Å²) < 4.78 is 42.1. The number of aliphatic imine (C=N–C) groups is 1. The number of rotatable bonds is 7. The highest BCUT2D eigenvalue weighted by molar-refractivity contribution is 5.94. The van der Waals surface area contributed by atoms with E-state index in [1.807, 2.05) is 25.1 Å². The zero-order valence-corrected chi connectivity index (χ0v) is 16.2. The van der Waals surface area contributed by atoms with Gasteiger partial charge < -0.3 is 20.1 Å². The summed E-state index contributed by atoms with van der Waals surface area (Å²) in [5.41, 5.74) is 1.14. The van der Waals surface area contributed by atoms with Crippen LogP contribution in [0.25, 0.3) is 5.70 Å². The number of nitrogens with zero attached hydrogens (tertiary/aromatic N) is 3. The second-order valence-corrected chi connectivity index (χ2v) is 7.34. The van der Waals surface area contributed by atoms with Crippen molar-refractivity contribution in [2.75, 3.05) is 19.8 Å². The second kappa shape index (κ2) is 8.45. The number of hydrogen-bond donors (Lipinski definition) is 2. The molecule has 10 heteroatoms. The van der Waals surface area contributed by atoms with Crippen LogP contribution in [0.3, 0.4) is 0 Å². The molecule has 2 N–H and O–H groups in total. The Bertz CT molecular complexity index is 899. The number of carbonyl (C=O) groups is 1. The summed E-state index contributed by atoms with van der Waals surface area (Å²) >= 11 is 0. The van der Waals surface area contributed by atoms with Gasteiger partial charge in [0.1, 0.15) is 37.4 Å². The fourth-order valence-corrected chi connectivity index (χ4v) is 2.92. The molecule has 0 radical (unpaired) electrons. The maximum Gasteiger partial charge on any atom is 0.411 e. The predicted molar refractivity (Wildman–Crippen MR) is 102 cm³/mol. The van der Waals surface area contributed by atoms with E-state index < -0.39 is 37.1 Å². The lowest BCUT2D eigenvalue weighted by Crippen LogP contribution is -2.50. The molecule has 1 amide bonds. The fourth-order valence-electron chi connectivity index (χ4n) is 2.92. The zero-order chi connectivity index (χ0) is 21.9.